The molecule has 2 aromatic rings. The Morgan fingerprint density at radius 3 is 2.86 bits per heavy atom. The number of nitrogens with two attached hydrogens (primary N) is 1. The van der Waals surface area contributed by atoms with Crippen LogP contribution in [0.3, 0.4) is 0 Å². The molecule has 0 saturated heterocycles. The Bertz CT molecular complexity index is 419. The molecule has 14 heavy (non-hydrogen) atoms. The van der Waals surface area contributed by atoms with E-state index >= 15 is 0 Å². The molecular weight excluding hydrogens is 176 g/mol. The number of hydrogen-bond donors (Lipinski definition) is 1. The lowest BCUT2D eigenvalue weighted by Gasteiger charge is -2.03. The van der Waals surface area contributed by atoms with E-state index in [0.717, 1.165) is 17.1 Å². The van der Waals surface area contributed by atoms with Crippen LogP contribution in [0.2, 0.25) is 0 Å². The summed E-state index contributed by atoms with van der Waals surface area (Å²) >= 11 is 0. The second kappa shape index (κ2) is 3.49. The molecule has 0 saturated carbocycles. The summed E-state index contributed by atoms with van der Waals surface area (Å²) in [5, 5.41) is 4.16. The second-order valence-electron chi connectivity index (χ2n) is 3.16. The molecule has 2 rings (SSSR count). The first-order valence-electron chi connectivity index (χ1n) is 4.45. The first-order valence-corrected chi connectivity index (χ1v) is 4.45. The van der Waals surface area contributed by atoms with E-state index in [-0.39, 0.29) is 0 Å². The van der Waals surface area contributed by atoms with Crippen molar-refractivity contribution in [3.8, 4) is 0 Å². The Morgan fingerprint density at radius 2 is 2.29 bits per heavy atom. The third kappa shape index (κ3) is 1.59. The van der Waals surface area contributed by atoms with Gasteiger partial charge in [0.1, 0.15) is 0 Å². The summed E-state index contributed by atoms with van der Waals surface area (Å²) in [4.78, 5) is 4.22. The molecule has 4 nitrogen and oxygen atoms in total. The van der Waals surface area contributed by atoms with Gasteiger partial charge in [-0.25, -0.2) is 0 Å². The molecule has 0 aliphatic rings. The lowest BCUT2D eigenvalue weighted by Crippen LogP contribution is -2.05. The number of nitrogen functional groups attached to an aromatic ring is 1. The van der Waals surface area contributed by atoms with Crippen LogP contribution in [0.1, 0.15) is 11.4 Å². The highest BCUT2D eigenvalue weighted by Crippen LogP contribution is 2.09. The van der Waals surface area contributed by atoms with Crippen molar-refractivity contribution >= 4 is 5.69 Å². The number of hydrogen-bond acceptors (Lipinski definition) is 3. The molecule has 4 heteroatoms. The summed E-state index contributed by atoms with van der Waals surface area (Å²) in [5.74, 6) is 0. The molecule has 2 N–H and O–H groups in total. The van der Waals surface area contributed by atoms with Crippen LogP contribution in [0.15, 0.2) is 30.6 Å². The average molecular weight is 188 g/mol. The standard InChI is InChI=1S/C10H12N4/c1-8-10(11)6-13-14(8)7-9-4-2-3-5-12-9/h2-6H,7,11H2,1H3. The van der Waals surface area contributed by atoms with Crippen LogP contribution >= 0.6 is 0 Å². The normalized spacial score (nSPS) is 10.4. The van der Waals surface area contributed by atoms with E-state index in [1.54, 1.807) is 12.4 Å². The lowest BCUT2D eigenvalue weighted by molar-refractivity contribution is 0.653. The predicted octanol–water partition coefficient (Wildman–Crippen LogP) is 1.22. The summed E-state index contributed by atoms with van der Waals surface area (Å²) in [6, 6.07) is 5.83. The lowest BCUT2D eigenvalue weighted by atomic mass is 10.3. The molecule has 0 aliphatic carbocycles. The van der Waals surface area contributed by atoms with Gasteiger partial charge in [-0.2, -0.15) is 5.10 Å². The topological polar surface area (TPSA) is 56.7 Å². The number of anilines is 1. The Hall–Kier alpha value is -1.84. The highest BCUT2D eigenvalue weighted by molar-refractivity contribution is 5.39. The van der Waals surface area contributed by atoms with Gasteiger partial charge in [-0.1, -0.05) is 6.07 Å². The molecule has 72 valence electrons. The highest BCUT2D eigenvalue weighted by atomic mass is 15.3. The molecular formula is C10H12N4. The van der Waals surface area contributed by atoms with Crippen molar-refractivity contribution in [1.29, 1.82) is 0 Å². The van der Waals surface area contributed by atoms with Crippen molar-refractivity contribution in [2.75, 3.05) is 5.73 Å². The Morgan fingerprint density at radius 1 is 1.43 bits per heavy atom. The smallest absolute Gasteiger partial charge is 0.0835 e. The van der Waals surface area contributed by atoms with Crippen LogP contribution in [-0.2, 0) is 6.54 Å². The van der Waals surface area contributed by atoms with Crippen molar-refractivity contribution in [3.63, 3.8) is 0 Å². The quantitative estimate of drug-likeness (QED) is 0.770. The first kappa shape index (κ1) is 8.74. The largest absolute Gasteiger partial charge is 0.396 e. The molecule has 0 atom stereocenters. The summed E-state index contributed by atoms with van der Waals surface area (Å²) in [6.45, 7) is 2.62. The molecule has 0 unspecified atom stereocenters. The Labute approximate surface area is 82.4 Å². The van der Waals surface area contributed by atoms with Gasteiger partial charge in [0.15, 0.2) is 0 Å². The van der Waals surface area contributed by atoms with Crippen molar-refractivity contribution in [2.45, 2.75) is 13.5 Å². The molecule has 2 aromatic heterocycles. The van der Waals surface area contributed by atoms with Gasteiger partial charge in [0.05, 0.1) is 29.8 Å². The third-order valence-corrected chi connectivity index (χ3v) is 2.18. The number of pyridine rings is 1. The number of nitrogens with zero attached hydrogens (tertiary/aromatic N) is 3. The first-order chi connectivity index (χ1) is 6.77. The zero-order chi connectivity index (χ0) is 9.97. The van der Waals surface area contributed by atoms with E-state index in [2.05, 4.69) is 10.1 Å². The maximum absolute atomic E-state index is 5.69. The highest BCUT2D eigenvalue weighted by Gasteiger charge is 2.03. The van der Waals surface area contributed by atoms with Crippen LogP contribution in [-0.4, -0.2) is 14.8 Å². The summed E-state index contributed by atoms with van der Waals surface area (Å²) in [7, 11) is 0. The summed E-state index contributed by atoms with van der Waals surface area (Å²) < 4.78 is 1.84. The zero-order valence-electron chi connectivity index (χ0n) is 8.01. The molecule has 2 heterocycles. The van der Waals surface area contributed by atoms with Crippen LogP contribution in [0.5, 0.6) is 0 Å². The van der Waals surface area contributed by atoms with Crippen molar-refractivity contribution in [2.24, 2.45) is 0 Å². The van der Waals surface area contributed by atoms with Gasteiger partial charge in [0.2, 0.25) is 0 Å². The molecule has 0 fully saturated rings. The van der Waals surface area contributed by atoms with Gasteiger partial charge in [0.25, 0.3) is 0 Å². The molecule has 0 aromatic carbocycles. The molecule has 0 amide bonds. The Kier molecular flexibility index (Phi) is 2.18. The minimum absolute atomic E-state index is 0.671. The maximum atomic E-state index is 5.69. The Balaban J connectivity index is 2.23. The molecule has 0 bridgehead atoms. The van der Waals surface area contributed by atoms with Crippen LogP contribution < -0.4 is 5.73 Å². The van der Waals surface area contributed by atoms with E-state index in [4.69, 9.17) is 5.73 Å². The van der Waals surface area contributed by atoms with Crippen molar-refractivity contribution in [3.05, 3.63) is 42.0 Å². The third-order valence-electron chi connectivity index (χ3n) is 2.18. The second-order valence-corrected chi connectivity index (χ2v) is 3.16. The number of aromatic nitrogens is 3. The van der Waals surface area contributed by atoms with Gasteiger partial charge in [0, 0.05) is 6.20 Å². The van der Waals surface area contributed by atoms with Crippen molar-refractivity contribution < 1.29 is 0 Å². The fourth-order valence-corrected chi connectivity index (χ4v) is 1.27. The minimum atomic E-state index is 0.671. The molecule has 0 aliphatic heterocycles. The average Bonchev–Trinajstić information content (AvgIpc) is 2.52. The minimum Gasteiger partial charge on any atom is -0.396 e. The fraction of sp³-hybridized carbons (Fsp3) is 0.200. The SMILES string of the molecule is Cc1c(N)cnn1Cc1ccccn1. The van der Waals surface area contributed by atoms with Crippen molar-refractivity contribution in [1.82, 2.24) is 14.8 Å². The fourth-order valence-electron chi connectivity index (χ4n) is 1.27. The van der Waals surface area contributed by atoms with E-state index in [1.807, 2.05) is 29.8 Å². The van der Waals surface area contributed by atoms with Gasteiger partial charge >= 0.3 is 0 Å². The summed E-state index contributed by atoms with van der Waals surface area (Å²) in [6.07, 6.45) is 3.44. The van der Waals surface area contributed by atoms with Crippen LogP contribution in [0.25, 0.3) is 0 Å². The monoisotopic (exact) mass is 188 g/mol. The van der Waals surface area contributed by atoms with Crippen LogP contribution in [0.4, 0.5) is 5.69 Å². The zero-order valence-corrected chi connectivity index (χ0v) is 8.01. The summed E-state index contributed by atoms with van der Waals surface area (Å²) in [5.41, 5.74) is 8.38. The van der Waals surface area contributed by atoms with Crippen LogP contribution in [0, 0.1) is 6.92 Å². The van der Waals surface area contributed by atoms with Gasteiger partial charge < -0.3 is 5.73 Å². The van der Waals surface area contributed by atoms with E-state index < -0.39 is 0 Å². The van der Waals surface area contributed by atoms with Gasteiger partial charge in [-0.3, -0.25) is 9.67 Å². The van der Waals surface area contributed by atoms with E-state index in [1.165, 1.54) is 0 Å². The van der Waals surface area contributed by atoms with E-state index in [9.17, 15) is 0 Å². The van der Waals surface area contributed by atoms with E-state index in [0.29, 0.717) is 6.54 Å². The van der Waals surface area contributed by atoms with Gasteiger partial charge in [-0.05, 0) is 19.1 Å². The van der Waals surface area contributed by atoms with Gasteiger partial charge in [-0.15, -0.1) is 0 Å². The molecule has 0 spiro atoms. The maximum Gasteiger partial charge on any atom is 0.0835 e. The predicted molar refractivity (Wildman–Crippen MR) is 54.7 cm³/mol. The number of rotatable bonds is 2. The molecule has 0 radical (unpaired) electrons.